The van der Waals surface area contributed by atoms with E-state index in [1.807, 2.05) is 18.2 Å². The van der Waals surface area contributed by atoms with E-state index < -0.39 is 15.9 Å². The highest BCUT2D eigenvalue weighted by molar-refractivity contribution is 7.90. The molecule has 0 unspecified atom stereocenters. The summed E-state index contributed by atoms with van der Waals surface area (Å²) in [5, 5.41) is 0. The molecule has 1 aliphatic rings. The molecule has 2 heterocycles. The summed E-state index contributed by atoms with van der Waals surface area (Å²) in [7, 11) is -2.25. The van der Waals surface area contributed by atoms with Crippen LogP contribution in [0.25, 0.3) is 11.0 Å². The molecule has 0 spiro atoms. The van der Waals surface area contributed by atoms with Gasteiger partial charge in [0, 0.05) is 26.6 Å². The minimum atomic E-state index is -3.89. The lowest BCUT2D eigenvalue weighted by Gasteiger charge is -2.20. The molecule has 144 valence electrons. The minimum absolute atomic E-state index is 0.00835. The van der Waals surface area contributed by atoms with Gasteiger partial charge in [0.2, 0.25) is 5.91 Å². The molecule has 8 nitrogen and oxygen atoms in total. The zero-order valence-corrected chi connectivity index (χ0v) is 16.5. The number of fused-ring (bicyclic) bond motifs is 2. The number of sulfonamides is 1. The highest BCUT2D eigenvalue weighted by Gasteiger charge is 2.40. The molecule has 4 rings (SSSR count). The summed E-state index contributed by atoms with van der Waals surface area (Å²) in [6.07, 6.45) is -0.0873. The van der Waals surface area contributed by atoms with Gasteiger partial charge < -0.3 is 4.90 Å². The summed E-state index contributed by atoms with van der Waals surface area (Å²) >= 11 is 1.13. The van der Waals surface area contributed by atoms with Gasteiger partial charge in [0.15, 0.2) is 0 Å². The van der Waals surface area contributed by atoms with Crippen LogP contribution in [-0.4, -0.2) is 51.8 Å². The van der Waals surface area contributed by atoms with E-state index in [9.17, 15) is 18.0 Å². The van der Waals surface area contributed by atoms with Gasteiger partial charge in [-0.2, -0.15) is 8.75 Å². The first-order valence-electron chi connectivity index (χ1n) is 8.49. The van der Waals surface area contributed by atoms with E-state index in [-0.39, 0.29) is 29.3 Å². The van der Waals surface area contributed by atoms with Crippen molar-refractivity contribution < 1.29 is 18.0 Å². The molecule has 10 heteroatoms. The third-order valence-corrected chi connectivity index (χ3v) is 7.00. The highest BCUT2D eigenvalue weighted by atomic mass is 32.2. The van der Waals surface area contributed by atoms with Crippen molar-refractivity contribution >= 4 is 44.6 Å². The Hall–Kier alpha value is -2.85. The molecule has 0 bridgehead atoms. The van der Waals surface area contributed by atoms with Gasteiger partial charge in [0.1, 0.15) is 15.9 Å². The smallest absolute Gasteiger partial charge is 0.269 e. The van der Waals surface area contributed by atoms with Crippen LogP contribution in [0.1, 0.15) is 22.3 Å². The van der Waals surface area contributed by atoms with Crippen molar-refractivity contribution in [2.24, 2.45) is 0 Å². The molecule has 3 aromatic rings. The number of hydrogen-bond acceptors (Lipinski definition) is 7. The number of nitrogens with zero attached hydrogens (tertiary/aromatic N) is 4. The third kappa shape index (κ3) is 3.14. The molecular weight excluding hydrogens is 400 g/mol. The molecule has 0 N–H and O–H groups in total. The van der Waals surface area contributed by atoms with Crippen LogP contribution in [0.4, 0.5) is 0 Å². The van der Waals surface area contributed by atoms with Gasteiger partial charge in [0.05, 0.1) is 17.3 Å². The molecule has 28 heavy (non-hydrogen) atoms. The Morgan fingerprint density at radius 1 is 1.14 bits per heavy atom. The summed E-state index contributed by atoms with van der Waals surface area (Å²) in [6, 6.07) is 11.7. The zero-order chi connectivity index (χ0) is 19.9. The summed E-state index contributed by atoms with van der Waals surface area (Å²) < 4.78 is 34.2. The molecule has 1 aliphatic heterocycles. The van der Waals surface area contributed by atoms with E-state index >= 15 is 0 Å². The predicted octanol–water partition coefficient (Wildman–Crippen LogP) is 1.88. The molecule has 2 aromatic carbocycles. The van der Waals surface area contributed by atoms with E-state index in [2.05, 4.69) is 8.75 Å². The zero-order valence-electron chi connectivity index (χ0n) is 14.9. The van der Waals surface area contributed by atoms with Gasteiger partial charge in [-0.3, -0.25) is 9.59 Å². The van der Waals surface area contributed by atoms with Crippen LogP contribution < -0.4 is 0 Å². The quantitative estimate of drug-likeness (QED) is 0.630. The fourth-order valence-corrected chi connectivity index (χ4v) is 5.22. The Labute approximate surface area is 165 Å². The SMILES string of the molecule is CN(Cc1ccc2nsnc2c1)C(=O)CCN1C(=O)c2ccccc2S1(=O)=O. The standard InChI is InChI=1S/C18H16N4O4S2/c1-21(11-12-6-7-14-15(10-12)20-27-19-14)17(23)8-9-22-18(24)13-4-2-3-5-16(13)28(22,25)26/h2-7,10H,8-9,11H2,1H3. The maximum atomic E-state index is 12.5. The van der Waals surface area contributed by atoms with E-state index in [0.717, 1.165) is 32.6 Å². The largest absolute Gasteiger partial charge is 0.341 e. The lowest BCUT2D eigenvalue weighted by molar-refractivity contribution is -0.130. The molecule has 0 atom stereocenters. The molecular formula is C18H16N4O4S2. The second kappa shape index (κ2) is 6.95. The summed E-state index contributed by atoms with van der Waals surface area (Å²) in [5.74, 6) is -0.844. The number of carbonyl (C=O) groups excluding carboxylic acids is 2. The van der Waals surface area contributed by atoms with Crippen LogP contribution >= 0.6 is 11.7 Å². The Morgan fingerprint density at radius 2 is 1.89 bits per heavy atom. The van der Waals surface area contributed by atoms with Crippen molar-refractivity contribution in [3.63, 3.8) is 0 Å². The number of rotatable bonds is 5. The predicted molar refractivity (Wildman–Crippen MR) is 103 cm³/mol. The van der Waals surface area contributed by atoms with Gasteiger partial charge in [-0.25, -0.2) is 12.7 Å². The molecule has 0 aliphatic carbocycles. The Balaban J connectivity index is 1.42. The maximum Gasteiger partial charge on any atom is 0.269 e. The Bertz CT molecular complexity index is 1190. The maximum absolute atomic E-state index is 12.5. The van der Waals surface area contributed by atoms with Crippen molar-refractivity contribution in [1.82, 2.24) is 18.0 Å². The van der Waals surface area contributed by atoms with Gasteiger partial charge in [-0.1, -0.05) is 18.2 Å². The van der Waals surface area contributed by atoms with Gasteiger partial charge >= 0.3 is 0 Å². The molecule has 0 saturated carbocycles. The van der Waals surface area contributed by atoms with Crippen molar-refractivity contribution in [2.45, 2.75) is 17.9 Å². The van der Waals surface area contributed by atoms with Gasteiger partial charge in [0.25, 0.3) is 15.9 Å². The number of aromatic nitrogens is 2. The van der Waals surface area contributed by atoms with Gasteiger partial charge in [-0.05, 0) is 29.8 Å². The topological polar surface area (TPSA) is 101 Å². The number of hydrogen-bond donors (Lipinski definition) is 0. The lowest BCUT2D eigenvalue weighted by atomic mass is 10.2. The van der Waals surface area contributed by atoms with Crippen LogP contribution in [0.3, 0.4) is 0 Å². The highest BCUT2D eigenvalue weighted by Crippen LogP contribution is 2.30. The number of carbonyl (C=O) groups is 2. The third-order valence-electron chi connectivity index (χ3n) is 4.60. The van der Waals surface area contributed by atoms with Crippen molar-refractivity contribution in [1.29, 1.82) is 0 Å². The summed E-state index contributed by atoms with van der Waals surface area (Å²) in [6.45, 7) is 0.168. The van der Waals surface area contributed by atoms with Crippen molar-refractivity contribution in [3.8, 4) is 0 Å². The summed E-state index contributed by atoms with van der Waals surface area (Å²) in [4.78, 5) is 26.4. The van der Waals surface area contributed by atoms with Gasteiger partial charge in [-0.15, -0.1) is 0 Å². The second-order valence-corrected chi connectivity index (χ2v) is 8.82. The average molecular weight is 416 g/mol. The second-order valence-electron chi connectivity index (χ2n) is 6.47. The summed E-state index contributed by atoms with van der Waals surface area (Å²) in [5.41, 5.74) is 2.62. The van der Waals surface area contributed by atoms with E-state index in [4.69, 9.17) is 0 Å². The number of amides is 2. The van der Waals surface area contributed by atoms with Crippen molar-refractivity contribution in [2.75, 3.05) is 13.6 Å². The first-order valence-corrected chi connectivity index (χ1v) is 10.7. The fraction of sp³-hybridized carbons (Fsp3) is 0.222. The average Bonchev–Trinajstić information content (AvgIpc) is 3.21. The van der Waals surface area contributed by atoms with E-state index in [1.165, 1.54) is 17.0 Å². The van der Waals surface area contributed by atoms with Crippen molar-refractivity contribution in [3.05, 3.63) is 53.6 Å². The first kappa shape index (κ1) is 18.5. The van der Waals surface area contributed by atoms with Crippen LogP contribution in [0, 0.1) is 0 Å². The first-order chi connectivity index (χ1) is 13.4. The molecule has 0 radical (unpaired) electrons. The Morgan fingerprint density at radius 3 is 2.68 bits per heavy atom. The van der Waals surface area contributed by atoms with Crippen LogP contribution in [0.15, 0.2) is 47.4 Å². The van der Waals surface area contributed by atoms with Crippen LogP contribution in [0.5, 0.6) is 0 Å². The molecule has 0 saturated heterocycles. The number of benzene rings is 2. The molecule has 2 amide bonds. The van der Waals surface area contributed by atoms with E-state index in [1.54, 1.807) is 19.2 Å². The Kier molecular flexibility index (Phi) is 4.60. The monoisotopic (exact) mass is 416 g/mol. The minimum Gasteiger partial charge on any atom is -0.341 e. The van der Waals surface area contributed by atoms with Crippen LogP contribution in [0.2, 0.25) is 0 Å². The molecule has 0 fully saturated rings. The van der Waals surface area contributed by atoms with Crippen LogP contribution in [-0.2, 0) is 21.4 Å². The fourth-order valence-electron chi connectivity index (χ4n) is 3.13. The van der Waals surface area contributed by atoms with E-state index in [0.29, 0.717) is 6.54 Å². The normalized spacial score (nSPS) is 15.0. The lowest BCUT2D eigenvalue weighted by Crippen LogP contribution is -2.35. The molecule has 1 aromatic heterocycles.